The molecule has 1 aromatic heterocycles. The van der Waals surface area contributed by atoms with Gasteiger partial charge < -0.3 is 9.64 Å². The lowest BCUT2D eigenvalue weighted by Crippen LogP contribution is -2.43. The molecule has 0 N–H and O–H groups in total. The molecule has 114 valence electrons. The molecule has 21 heavy (non-hydrogen) atoms. The summed E-state index contributed by atoms with van der Waals surface area (Å²) in [4.78, 5) is 25.8. The van der Waals surface area contributed by atoms with Crippen LogP contribution >= 0.6 is 23.2 Å². The van der Waals surface area contributed by atoms with Gasteiger partial charge >= 0.3 is 5.97 Å². The molecule has 6 nitrogen and oxygen atoms in total. The summed E-state index contributed by atoms with van der Waals surface area (Å²) >= 11 is 11.6. The highest BCUT2D eigenvalue weighted by Gasteiger charge is 2.30. The standard InChI is InChI=1S/C13H15Cl2N3O3/c1-2-21-13(20)8-4-3-5-18(7-8)12(19)9-6-10(14)16-17-11(9)15/h6,8H,2-5,7H2,1H3. The molecule has 0 bridgehead atoms. The quantitative estimate of drug-likeness (QED) is 0.794. The van der Waals surface area contributed by atoms with Gasteiger partial charge in [-0.15, -0.1) is 10.2 Å². The first kappa shape index (κ1) is 16.0. The molecule has 1 unspecified atom stereocenters. The number of aromatic nitrogens is 2. The first-order valence-electron chi connectivity index (χ1n) is 6.67. The normalized spacial score (nSPS) is 18.4. The van der Waals surface area contributed by atoms with E-state index in [9.17, 15) is 9.59 Å². The minimum absolute atomic E-state index is 0.00246. The Hall–Kier alpha value is -1.40. The summed E-state index contributed by atoms with van der Waals surface area (Å²) in [6, 6.07) is 1.38. The lowest BCUT2D eigenvalue weighted by atomic mass is 9.97. The maximum atomic E-state index is 12.5. The largest absolute Gasteiger partial charge is 0.466 e. The number of piperidine rings is 1. The van der Waals surface area contributed by atoms with Crippen molar-refractivity contribution in [1.29, 1.82) is 0 Å². The highest BCUT2D eigenvalue weighted by Crippen LogP contribution is 2.23. The van der Waals surface area contributed by atoms with Crippen LogP contribution in [-0.2, 0) is 9.53 Å². The van der Waals surface area contributed by atoms with E-state index in [-0.39, 0.29) is 33.7 Å². The Bertz CT molecular complexity index is 553. The first-order valence-corrected chi connectivity index (χ1v) is 7.43. The SMILES string of the molecule is CCOC(=O)C1CCCN(C(=O)c2cc(Cl)nnc2Cl)C1. The number of hydrogen-bond acceptors (Lipinski definition) is 5. The first-order chi connectivity index (χ1) is 10.0. The predicted molar refractivity (Wildman–Crippen MR) is 77.3 cm³/mol. The highest BCUT2D eigenvalue weighted by molar-refractivity contribution is 6.34. The fraction of sp³-hybridized carbons (Fsp3) is 0.538. The van der Waals surface area contributed by atoms with E-state index in [0.29, 0.717) is 26.1 Å². The van der Waals surface area contributed by atoms with Crippen LogP contribution in [0.1, 0.15) is 30.1 Å². The van der Waals surface area contributed by atoms with Crippen molar-refractivity contribution >= 4 is 35.1 Å². The van der Waals surface area contributed by atoms with Crippen molar-refractivity contribution in [3.8, 4) is 0 Å². The average molecular weight is 332 g/mol. The van der Waals surface area contributed by atoms with Gasteiger partial charge in [-0.05, 0) is 25.8 Å². The molecule has 1 saturated heterocycles. The molecule has 1 aromatic rings. The zero-order valence-electron chi connectivity index (χ0n) is 11.5. The van der Waals surface area contributed by atoms with Crippen LogP contribution in [0.25, 0.3) is 0 Å². The number of likely N-dealkylation sites (tertiary alicyclic amines) is 1. The van der Waals surface area contributed by atoms with E-state index >= 15 is 0 Å². The van der Waals surface area contributed by atoms with Crippen molar-refractivity contribution in [2.45, 2.75) is 19.8 Å². The summed E-state index contributed by atoms with van der Waals surface area (Å²) < 4.78 is 5.01. The molecule has 0 saturated carbocycles. The number of amides is 1. The van der Waals surface area contributed by atoms with Gasteiger partial charge in [-0.2, -0.15) is 0 Å². The Morgan fingerprint density at radius 3 is 2.90 bits per heavy atom. The van der Waals surface area contributed by atoms with E-state index in [1.165, 1.54) is 6.07 Å². The maximum Gasteiger partial charge on any atom is 0.310 e. The Balaban J connectivity index is 2.12. The predicted octanol–water partition coefficient (Wildman–Crippen LogP) is 2.20. The molecule has 0 aliphatic carbocycles. The van der Waals surface area contributed by atoms with Crippen molar-refractivity contribution in [3.05, 3.63) is 21.9 Å². The molecule has 2 rings (SSSR count). The molecule has 1 aliphatic heterocycles. The molecule has 8 heteroatoms. The van der Waals surface area contributed by atoms with E-state index in [1.807, 2.05) is 0 Å². The zero-order chi connectivity index (χ0) is 15.4. The second-order valence-electron chi connectivity index (χ2n) is 4.71. The Morgan fingerprint density at radius 1 is 1.43 bits per heavy atom. The molecule has 1 aliphatic rings. The van der Waals surface area contributed by atoms with E-state index in [4.69, 9.17) is 27.9 Å². The topological polar surface area (TPSA) is 72.4 Å². The summed E-state index contributed by atoms with van der Waals surface area (Å²) in [6.45, 7) is 2.96. The van der Waals surface area contributed by atoms with E-state index in [1.54, 1.807) is 11.8 Å². The van der Waals surface area contributed by atoms with Gasteiger partial charge in [0.2, 0.25) is 0 Å². The monoisotopic (exact) mass is 331 g/mol. The fourth-order valence-corrected chi connectivity index (χ4v) is 2.61. The average Bonchev–Trinajstić information content (AvgIpc) is 2.49. The summed E-state index contributed by atoms with van der Waals surface area (Å²) in [6.07, 6.45) is 1.45. The van der Waals surface area contributed by atoms with Gasteiger partial charge in [-0.25, -0.2) is 0 Å². The minimum atomic E-state index is -0.300. The van der Waals surface area contributed by atoms with Gasteiger partial charge in [0.05, 0.1) is 18.1 Å². The van der Waals surface area contributed by atoms with Crippen molar-refractivity contribution in [3.63, 3.8) is 0 Å². The molecule has 0 spiro atoms. The van der Waals surface area contributed by atoms with Gasteiger partial charge in [0, 0.05) is 13.1 Å². The van der Waals surface area contributed by atoms with Crippen molar-refractivity contribution in [2.75, 3.05) is 19.7 Å². The second-order valence-corrected chi connectivity index (χ2v) is 5.46. The lowest BCUT2D eigenvalue weighted by Gasteiger charge is -2.31. The smallest absolute Gasteiger partial charge is 0.310 e. The summed E-state index contributed by atoms with van der Waals surface area (Å²) in [5.74, 6) is -0.871. The van der Waals surface area contributed by atoms with Crippen LogP contribution in [-0.4, -0.2) is 46.7 Å². The van der Waals surface area contributed by atoms with Crippen molar-refractivity contribution in [2.24, 2.45) is 5.92 Å². The van der Waals surface area contributed by atoms with Gasteiger partial charge in [-0.3, -0.25) is 9.59 Å². The van der Waals surface area contributed by atoms with Crippen molar-refractivity contribution in [1.82, 2.24) is 15.1 Å². The van der Waals surface area contributed by atoms with Gasteiger partial charge in [0.15, 0.2) is 10.3 Å². The number of halogens is 2. The number of ether oxygens (including phenoxy) is 1. The summed E-state index contributed by atoms with van der Waals surface area (Å²) in [7, 11) is 0. The van der Waals surface area contributed by atoms with Crippen LogP contribution in [0.2, 0.25) is 10.3 Å². The number of nitrogens with zero attached hydrogens (tertiary/aromatic N) is 3. The van der Waals surface area contributed by atoms with E-state index < -0.39 is 0 Å². The molecule has 0 aromatic carbocycles. The molecular weight excluding hydrogens is 317 g/mol. The van der Waals surface area contributed by atoms with Crippen LogP contribution in [0.4, 0.5) is 0 Å². The number of carbonyl (C=O) groups excluding carboxylic acids is 2. The zero-order valence-corrected chi connectivity index (χ0v) is 13.0. The highest BCUT2D eigenvalue weighted by atomic mass is 35.5. The summed E-state index contributed by atoms with van der Waals surface area (Å²) in [5, 5.41) is 7.30. The molecule has 1 atom stereocenters. The molecule has 1 amide bonds. The van der Waals surface area contributed by atoms with Crippen LogP contribution in [0.5, 0.6) is 0 Å². The Labute approximate surface area is 132 Å². The Morgan fingerprint density at radius 2 is 2.19 bits per heavy atom. The van der Waals surface area contributed by atoms with Crippen LogP contribution in [0.15, 0.2) is 6.07 Å². The minimum Gasteiger partial charge on any atom is -0.466 e. The Kier molecular flexibility index (Phi) is 5.36. The third-order valence-corrected chi connectivity index (χ3v) is 3.74. The lowest BCUT2D eigenvalue weighted by molar-refractivity contribution is -0.149. The second kappa shape index (κ2) is 7.04. The van der Waals surface area contributed by atoms with Gasteiger partial charge in [-0.1, -0.05) is 23.2 Å². The van der Waals surface area contributed by atoms with Crippen LogP contribution in [0, 0.1) is 5.92 Å². The number of carbonyl (C=O) groups is 2. The molecule has 1 fully saturated rings. The fourth-order valence-electron chi connectivity index (χ4n) is 2.29. The third-order valence-electron chi connectivity index (χ3n) is 3.28. The van der Waals surface area contributed by atoms with Crippen molar-refractivity contribution < 1.29 is 14.3 Å². The maximum absolute atomic E-state index is 12.5. The van der Waals surface area contributed by atoms with Gasteiger partial charge in [0.25, 0.3) is 5.91 Å². The number of hydrogen-bond donors (Lipinski definition) is 0. The van der Waals surface area contributed by atoms with Crippen LogP contribution in [0.3, 0.4) is 0 Å². The van der Waals surface area contributed by atoms with E-state index in [2.05, 4.69) is 10.2 Å². The summed E-state index contributed by atoms with van der Waals surface area (Å²) in [5.41, 5.74) is 0.196. The number of esters is 1. The molecule has 2 heterocycles. The van der Waals surface area contributed by atoms with E-state index in [0.717, 1.165) is 6.42 Å². The third kappa shape index (κ3) is 3.83. The van der Waals surface area contributed by atoms with Crippen LogP contribution < -0.4 is 0 Å². The molecule has 0 radical (unpaired) electrons. The molecular formula is C13H15Cl2N3O3. The number of rotatable bonds is 3. The van der Waals surface area contributed by atoms with Gasteiger partial charge in [0.1, 0.15) is 0 Å².